The third kappa shape index (κ3) is 6.62. The van der Waals surface area contributed by atoms with Crippen molar-refractivity contribution >= 4 is 23.5 Å². The number of rotatable bonds is 8. The Balaban J connectivity index is 1.03. The second-order valence-electron chi connectivity index (χ2n) is 12.2. The van der Waals surface area contributed by atoms with Crippen LogP contribution in [0.5, 0.6) is 0 Å². The van der Waals surface area contributed by atoms with Crippen LogP contribution in [-0.2, 0) is 22.7 Å². The number of aromatic nitrogens is 2. The summed E-state index contributed by atoms with van der Waals surface area (Å²) in [7, 11) is 0. The maximum absolute atomic E-state index is 13.8. The Hall–Kier alpha value is -3.44. The van der Waals surface area contributed by atoms with Crippen LogP contribution in [0.1, 0.15) is 62.6 Å². The molecule has 0 aliphatic carbocycles. The molecule has 4 aliphatic rings. The van der Waals surface area contributed by atoms with Crippen molar-refractivity contribution in [3.05, 3.63) is 48.0 Å². The fraction of sp³-hybridized carbons (Fsp3) is 0.613. The molecule has 0 saturated carbocycles. The van der Waals surface area contributed by atoms with Crippen molar-refractivity contribution in [1.29, 1.82) is 0 Å². The highest BCUT2D eigenvalue weighted by atomic mass is 16.2. The number of carbonyl (C=O) groups is 3. The molecule has 1 aromatic heterocycles. The van der Waals surface area contributed by atoms with Crippen LogP contribution in [0.25, 0.3) is 0 Å². The number of likely N-dealkylation sites (tertiary alicyclic amines) is 3. The number of fused-ring (bicyclic) bond motifs is 1. The molecule has 42 heavy (non-hydrogen) atoms. The van der Waals surface area contributed by atoms with Gasteiger partial charge < -0.3 is 29.9 Å². The number of para-hydroxylation sites is 1. The SMILES string of the molecule is O=C(C[C@H](NCc1c[nH]cn1)C(=O)N1CCC(N2CCCCC2)CC1)N1CCC(N2Cc3ccccc3NC2=O)CC1. The largest absolute Gasteiger partial charge is 0.351 e. The molecule has 11 nitrogen and oxygen atoms in total. The van der Waals surface area contributed by atoms with Crippen molar-refractivity contribution < 1.29 is 14.4 Å². The smallest absolute Gasteiger partial charge is 0.322 e. The normalized spacial score (nSPS) is 21.6. The van der Waals surface area contributed by atoms with Crippen molar-refractivity contribution in [2.45, 2.75) is 82.6 Å². The average Bonchev–Trinajstić information content (AvgIpc) is 3.57. The second kappa shape index (κ2) is 13.2. The molecule has 3 N–H and O–H groups in total. The summed E-state index contributed by atoms with van der Waals surface area (Å²) < 4.78 is 0. The van der Waals surface area contributed by atoms with Crippen LogP contribution < -0.4 is 10.6 Å². The molecule has 2 aromatic rings. The molecule has 6 rings (SSSR count). The van der Waals surface area contributed by atoms with E-state index in [1.54, 1.807) is 12.5 Å². The minimum Gasteiger partial charge on any atom is -0.351 e. The van der Waals surface area contributed by atoms with Gasteiger partial charge in [-0.3, -0.25) is 14.9 Å². The van der Waals surface area contributed by atoms with Gasteiger partial charge in [0.1, 0.15) is 0 Å². The molecule has 0 spiro atoms. The monoisotopic (exact) mass is 576 g/mol. The van der Waals surface area contributed by atoms with Gasteiger partial charge in [-0.15, -0.1) is 0 Å². The molecule has 0 radical (unpaired) electrons. The van der Waals surface area contributed by atoms with Crippen LogP contribution in [-0.4, -0.2) is 105 Å². The topological polar surface area (TPSA) is 117 Å². The maximum Gasteiger partial charge on any atom is 0.322 e. The molecule has 226 valence electrons. The number of urea groups is 1. The predicted octanol–water partition coefficient (Wildman–Crippen LogP) is 2.77. The number of aromatic amines is 1. The lowest BCUT2D eigenvalue weighted by Crippen LogP contribution is -2.54. The van der Waals surface area contributed by atoms with Crippen molar-refractivity contribution in [3.63, 3.8) is 0 Å². The Morgan fingerprint density at radius 1 is 0.929 bits per heavy atom. The van der Waals surface area contributed by atoms with Gasteiger partial charge in [0.15, 0.2) is 0 Å². The number of piperidine rings is 3. The zero-order valence-corrected chi connectivity index (χ0v) is 24.5. The first-order chi connectivity index (χ1) is 20.5. The second-order valence-corrected chi connectivity index (χ2v) is 12.2. The quantitative estimate of drug-likeness (QED) is 0.445. The lowest BCUT2D eigenvalue weighted by molar-refractivity contribution is -0.141. The first-order valence-electron chi connectivity index (χ1n) is 15.7. The summed E-state index contributed by atoms with van der Waals surface area (Å²) in [5.74, 6) is -0.00695. The summed E-state index contributed by atoms with van der Waals surface area (Å²) in [5.41, 5.74) is 2.80. The molecule has 4 amide bonds. The van der Waals surface area contributed by atoms with E-state index in [9.17, 15) is 14.4 Å². The number of amides is 4. The fourth-order valence-electron chi connectivity index (χ4n) is 7.07. The Morgan fingerprint density at radius 3 is 2.38 bits per heavy atom. The molecular formula is C31H44N8O3. The number of hydrogen-bond acceptors (Lipinski definition) is 6. The Labute approximate surface area is 248 Å². The predicted molar refractivity (Wildman–Crippen MR) is 159 cm³/mol. The van der Waals surface area contributed by atoms with Crippen molar-refractivity contribution in [2.24, 2.45) is 0 Å². The van der Waals surface area contributed by atoms with Crippen LogP contribution in [0, 0.1) is 0 Å². The van der Waals surface area contributed by atoms with Gasteiger partial charge >= 0.3 is 6.03 Å². The van der Waals surface area contributed by atoms with E-state index in [2.05, 4.69) is 25.5 Å². The van der Waals surface area contributed by atoms with Crippen molar-refractivity contribution in [1.82, 2.24) is 34.9 Å². The minimum atomic E-state index is -0.595. The number of nitrogens with zero attached hydrogens (tertiary/aromatic N) is 5. The molecule has 11 heteroatoms. The highest BCUT2D eigenvalue weighted by Crippen LogP contribution is 2.28. The minimum absolute atomic E-state index is 0.00881. The lowest BCUT2D eigenvalue weighted by atomic mass is 9.98. The molecular weight excluding hydrogens is 532 g/mol. The number of imidazole rings is 1. The van der Waals surface area contributed by atoms with Crippen LogP contribution in [0.3, 0.4) is 0 Å². The number of H-pyrrole nitrogens is 1. The average molecular weight is 577 g/mol. The zero-order chi connectivity index (χ0) is 28.9. The van der Waals surface area contributed by atoms with E-state index in [1.165, 1.54) is 32.4 Å². The van der Waals surface area contributed by atoms with Gasteiger partial charge in [0.05, 0.1) is 24.5 Å². The van der Waals surface area contributed by atoms with E-state index in [0.29, 0.717) is 32.2 Å². The first-order valence-corrected chi connectivity index (χ1v) is 15.7. The van der Waals surface area contributed by atoms with Gasteiger partial charge in [0.2, 0.25) is 11.8 Å². The molecule has 0 bridgehead atoms. The number of nitrogens with one attached hydrogen (secondary N) is 3. The van der Waals surface area contributed by atoms with Gasteiger partial charge in [-0.25, -0.2) is 9.78 Å². The lowest BCUT2D eigenvalue weighted by Gasteiger charge is -2.41. The van der Waals surface area contributed by atoms with Crippen LogP contribution in [0.2, 0.25) is 0 Å². The summed E-state index contributed by atoms with van der Waals surface area (Å²) in [6.45, 7) is 5.99. The number of anilines is 1. The maximum atomic E-state index is 13.8. The third-order valence-electron chi connectivity index (χ3n) is 9.56. The van der Waals surface area contributed by atoms with E-state index in [4.69, 9.17) is 0 Å². The number of hydrogen-bond donors (Lipinski definition) is 3. The summed E-state index contributed by atoms with van der Waals surface area (Å²) in [4.78, 5) is 55.6. The molecule has 1 aromatic carbocycles. The van der Waals surface area contributed by atoms with Gasteiger partial charge in [-0.05, 0) is 63.2 Å². The van der Waals surface area contributed by atoms with Crippen molar-refractivity contribution in [2.75, 3.05) is 44.6 Å². The summed E-state index contributed by atoms with van der Waals surface area (Å²) in [6, 6.07) is 7.87. The van der Waals surface area contributed by atoms with Gasteiger partial charge in [0.25, 0.3) is 0 Å². The Kier molecular flexibility index (Phi) is 9.04. The molecule has 5 heterocycles. The van der Waals surface area contributed by atoms with E-state index >= 15 is 0 Å². The van der Waals surface area contributed by atoms with E-state index < -0.39 is 6.04 Å². The zero-order valence-electron chi connectivity index (χ0n) is 24.5. The summed E-state index contributed by atoms with van der Waals surface area (Å²) >= 11 is 0. The molecule has 4 aliphatic heterocycles. The Morgan fingerprint density at radius 2 is 1.64 bits per heavy atom. The fourth-order valence-corrected chi connectivity index (χ4v) is 7.07. The van der Waals surface area contributed by atoms with Crippen LogP contribution in [0.15, 0.2) is 36.8 Å². The van der Waals surface area contributed by atoms with Gasteiger partial charge in [-0.2, -0.15) is 0 Å². The van der Waals surface area contributed by atoms with E-state index in [0.717, 1.165) is 55.7 Å². The van der Waals surface area contributed by atoms with Crippen LogP contribution in [0.4, 0.5) is 10.5 Å². The summed E-state index contributed by atoms with van der Waals surface area (Å²) in [6.07, 6.45) is 10.9. The Bertz CT molecular complexity index is 1210. The number of benzene rings is 1. The van der Waals surface area contributed by atoms with Crippen molar-refractivity contribution in [3.8, 4) is 0 Å². The molecule has 3 saturated heterocycles. The summed E-state index contributed by atoms with van der Waals surface area (Å²) in [5, 5.41) is 6.35. The highest BCUT2D eigenvalue weighted by Gasteiger charge is 2.35. The number of carbonyl (C=O) groups excluding carboxylic acids is 3. The standard InChI is InChI=1S/C31H44N8O3/c40-29(37-14-10-26(11-15-37)39-21-23-6-2-3-7-27(23)35-31(39)42)18-28(33-20-24-19-32-22-34-24)30(41)38-16-8-25(9-17-38)36-12-4-1-5-13-36/h2-3,6-7,19,22,25-26,28,33H,1,4-5,8-18,20-21H2,(H,32,34)(H,35,42)/t28-/m0/s1. The van der Waals surface area contributed by atoms with E-state index in [1.807, 2.05) is 39.0 Å². The molecule has 1 atom stereocenters. The van der Waals surface area contributed by atoms with Crippen LogP contribution >= 0.6 is 0 Å². The highest BCUT2D eigenvalue weighted by molar-refractivity contribution is 5.92. The molecule has 3 fully saturated rings. The van der Waals surface area contributed by atoms with E-state index in [-0.39, 0.29) is 30.3 Å². The van der Waals surface area contributed by atoms with Gasteiger partial charge in [0, 0.05) is 63.2 Å². The van der Waals surface area contributed by atoms with Gasteiger partial charge in [-0.1, -0.05) is 24.6 Å². The third-order valence-corrected chi connectivity index (χ3v) is 9.56. The first kappa shape index (κ1) is 28.7. The molecule has 0 unspecified atom stereocenters.